The van der Waals surface area contributed by atoms with Crippen LogP contribution in [0.5, 0.6) is 0 Å². The molecule has 0 aliphatic heterocycles. The molecule has 0 unspecified atom stereocenters. The minimum atomic E-state index is 0.714. The van der Waals surface area contributed by atoms with Gasteiger partial charge in [0.05, 0.1) is 8.59 Å². The van der Waals surface area contributed by atoms with Gasteiger partial charge >= 0.3 is 0 Å². The maximum absolute atomic E-state index is 5.86. The van der Waals surface area contributed by atoms with Crippen molar-refractivity contribution in [3.63, 3.8) is 0 Å². The average molecular weight is 279 g/mol. The zero-order valence-electron chi connectivity index (χ0n) is 5.33. The molecule has 0 saturated heterocycles. The molecule has 2 aromatic rings. The number of nitrogens with zero attached hydrogens (tertiary/aromatic N) is 3. The van der Waals surface area contributed by atoms with E-state index in [0.717, 1.165) is 9.22 Å². The van der Waals surface area contributed by atoms with E-state index in [0.29, 0.717) is 5.02 Å². The highest BCUT2D eigenvalue weighted by Gasteiger charge is 2.03. The average Bonchev–Trinajstić information content (AvgIpc) is 2.45. The van der Waals surface area contributed by atoms with E-state index in [9.17, 15) is 0 Å². The van der Waals surface area contributed by atoms with Crippen molar-refractivity contribution in [2.75, 3.05) is 0 Å². The van der Waals surface area contributed by atoms with Gasteiger partial charge in [-0.15, -0.1) is 0 Å². The summed E-state index contributed by atoms with van der Waals surface area (Å²) in [6.45, 7) is 0. The van der Waals surface area contributed by atoms with Gasteiger partial charge in [0.2, 0.25) is 0 Å². The molecule has 2 rings (SSSR count). The van der Waals surface area contributed by atoms with Gasteiger partial charge in [-0.2, -0.15) is 5.10 Å². The molecule has 0 aromatic carbocycles. The number of aromatic nitrogens is 3. The first-order valence-corrected chi connectivity index (χ1v) is 4.38. The lowest BCUT2D eigenvalue weighted by Gasteiger charge is -1.95. The number of fused-ring (bicyclic) bond motifs is 1. The van der Waals surface area contributed by atoms with Gasteiger partial charge in [-0.05, 0) is 28.7 Å². The van der Waals surface area contributed by atoms with Crippen LogP contribution in [0, 0.1) is 3.57 Å². The molecule has 11 heavy (non-hydrogen) atoms. The van der Waals surface area contributed by atoms with Crippen LogP contribution in [0.2, 0.25) is 5.02 Å². The first-order valence-electron chi connectivity index (χ1n) is 2.92. The van der Waals surface area contributed by atoms with Crippen LogP contribution in [-0.2, 0) is 0 Å². The van der Waals surface area contributed by atoms with Gasteiger partial charge in [0, 0.05) is 6.20 Å². The molecule has 0 N–H and O–H groups in total. The van der Waals surface area contributed by atoms with Crippen LogP contribution in [0.4, 0.5) is 0 Å². The Hall–Kier alpha value is -0.360. The molecule has 5 heteroatoms. The van der Waals surface area contributed by atoms with Crippen LogP contribution in [-0.4, -0.2) is 14.6 Å². The lowest BCUT2D eigenvalue weighted by atomic mass is 10.5. The molecule has 0 atom stereocenters. The molecular weight excluding hydrogens is 276 g/mol. The van der Waals surface area contributed by atoms with Crippen LogP contribution >= 0.6 is 34.2 Å². The SMILES string of the molecule is Clc1ccn2ncnc2c1I. The van der Waals surface area contributed by atoms with Crippen molar-refractivity contribution in [2.45, 2.75) is 0 Å². The summed E-state index contributed by atoms with van der Waals surface area (Å²) in [6.07, 6.45) is 3.29. The van der Waals surface area contributed by atoms with Crippen molar-refractivity contribution in [1.82, 2.24) is 14.6 Å². The van der Waals surface area contributed by atoms with Gasteiger partial charge < -0.3 is 0 Å². The normalized spacial score (nSPS) is 10.7. The second-order valence-corrected chi connectivity index (χ2v) is 3.49. The summed E-state index contributed by atoms with van der Waals surface area (Å²) in [7, 11) is 0. The van der Waals surface area contributed by atoms with Gasteiger partial charge in [-0.25, -0.2) is 9.50 Å². The zero-order valence-corrected chi connectivity index (χ0v) is 8.24. The van der Waals surface area contributed by atoms with Crippen molar-refractivity contribution < 1.29 is 0 Å². The van der Waals surface area contributed by atoms with Crippen LogP contribution in [0.25, 0.3) is 5.65 Å². The van der Waals surface area contributed by atoms with E-state index in [1.807, 2.05) is 0 Å². The van der Waals surface area contributed by atoms with E-state index in [1.54, 1.807) is 16.8 Å². The maximum Gasteiger partial charge on any atom is 0.170 e. The predicted molar refractivity (Wildman–Crippen MR) is 50.7 cm³/mol. The Balaban J connectivity index is 2.93. The molecule has 0 radical (unpaired) electrons. The highest BCUT2D eigenvalue weighted by atomic mass is 127. The summed E-state index contributed by atoms with van der Waals surface area (Å²) >= 11 is 8.00. The van der Waals surface area contributed by atoms with E-state index in [4.69, 9.17) is 11.6 Å². The summed E-state index contributed by atoms with van der Waals surface area (Å²) in [5.41, 5.74) is 0.804. The molecule has 0 saturated carbocycles. The summed E-state index contributed by atoms with van der Waals surface area (Å²) in [4.78, 5) is 4.04. The maximum atomic E-state index is 5.86. The third kappa shape index (κ3) is 1.10. The second-order valence-electron chi connectivity index (χ2n) is 2.01. The first kappa shape index (κ1) is 7.30. The predicted octanol–water partition coefficient (Wildman–Crippen LogP) is 1.99. The molecule has 2 aromatic heterocycles. The highest BCUT2D eigenvalue weighted by Crippen LogP contribution is 2.20. The van der Waals surface area contributed by atoms with Crippen LogP contribution in [0.15, 0.2) is 18.6 Å². The fraction of sp³-hybridized carbons (Fsp3) is 0. The lowest BCUT2D eigenvalue weighted by molar-refractivity contribution is 0.958. The van der Waals surface area contributed by atoms with Crippen molar-refractivity contribution in [3.8, 4) is 0 Å². The number of hydrogen-bond acceptors (Lipinski definition) is 2. The molecule has 2 heterocycles. The van der Waals surface area contributed by atoms with Gasteiger partial charge in [0.25, 0.3) is 0 Å². The Bertz CT molecular complexity index is 398. The van der Waals surface area contributed by atoms with E-state index < -0.39 is 0 Å². The molecule has 0 aliphatic carbocycles. The molecule has 56 valence electrons. The summed E-state index contributed by atoms with van der Waals surface area (Å²) in [5.74, 6) is 0. The highest BCUT2D eigenvalue weighted by molar-refractivity contribution is 14.1. The zero-order chi connectivity index (χ0) is 7.84. The Morgan fingerprint density at radius 1 is 1.55 bits per heavy atom. The van der Waals surface area contributed by atoms with E-state index in [-0.39, 0.29) is 0 Å². The topological polar surface area (TPSA) is 30.2 Å². The molecule has 0 bridgehead atoms. The third-order valence-corrected chi connectivity index (χ3v) is 3.04. The molecule has 0 spiro atoms. The Labute approximate surface area is 81.5 Å². The van der Waals surface area contributed by atoms with Gasteiger partial charge in [0.15, 0.2) is 5.65 Å². The van der Waals surface area contributed by atoms with Crippen molar-refractivity contribution >= 4 is 39.8 Å². The number of halogens is 2. The minimum absolute atomic E-state index is 0.714. The van der Waals surface area contributed by atoms with E-state index >= 15 is 0 Å². The van der Waals surface area contributed by atoms with Crippen LogP contribution in [0.3, 0.4) is 0 Å². The molecular formula is C6H3ClIN3. The Morgan fingerprint density at radius 2 is 2.36 bits per heavy atom. The quantitative estimate of drug-likeness (QED) is 0.690. The molecule has 0 aliphatic rings. The third-order valence-electron chi connectivity index (χ3n) is 1.34. The fourth-order valence-corrected chi connectivity index (χ4v) is 1.54. The largest absolute Gasteiger partial charge is 0.220 e. The standard InChI is InChI=1S/C6H3ClIN3/c7-4-1-2-11-6(5(4)8)9-3-10-11/h1-3H. The van der Waals surface area contributed by atoms with E-state index in [2.05, 4.69) is 32.7 Å². The van der Waals surface area contributed by atoms with Gasteiger partial charge in [0.1, 0.15) is 6.33 Å². The lowest BCUT2D eigenvalue weighted by Crippen LogP contribution is -1.88. The molecule has 3 nitrogen and oxygen atoms in total. The van der Waals surface area contributed by atoms with Gasteiger partial charge in [-0.3, -0.25) is 0 Å². The number of hydrogen-bond donors (Lipinski definition) is 0. The monoisotopic (exact) mass is 279 g/mol. The first-order chi connectivity index (χ1) is 5.29. The van der Waals surface area contributed by atoms with Crippen molar-refractivity contribution in [1.29, 1.82) is 0 Å². The van der Waals surface area contributed by atoms with Crippen molar-refractivity contribution in [2.24, 2.45) is 0 Å². The molecule has 0 fully saturated rings. The van der Waals surface area contributed by atoms with Crippen LogP contribution in [0.1, 0.15) is 0 Å². The Kier molecular flexibility index (Phi) is 1.72. The van der Waals surface area contributed by atoms with Crippen molar-refractivity contribution in [3.05, 3.63) is 27.2 Å². The van der Waals surface area contributed by atoms with E-state index in [1.165, 1.54) is 6.33 Å². The second kappa shape index (κ2) is 2.60. The number of pyridine rings is 1. The Morgan fingerprint density at radius 3 is 3.18 bits per heavy atom. The van der Waals surface area contributed by atoms with Gasteiger partial charge in [-0.1, -0.05) is 11.6 Å². The summed E-state index contributed by atoms with van der Waals surface area (Å²) in [5, 5.41) is 4.68. The number of rotatable bonds is 0. The fourth-order valence-electron chi connectivity index (χ4n) is 0.832. The summed E-state index contributed by atoms with van der Waals surface area (Å²) < 4.78 is 2.62. The molecule has 0 amide bonds. The smallest absolute Gasteiger partial charge is 0.170 e. The summed E-state index contributed by atoms with van der Waals surface area (Å²) in [6, 6.07) is 1.80. The minimum Gasteiger partial charge on any atom is -0.220 e. The van der Waals surface area contributed by atoms with Crippen LogP contribution < -0.4 is 0 Å².